The second-order valence-electron chi connectivity index (χ2n) is 6.94. The molecule has 8 heteroatoms. The molecule has 1 fully saturated rings. The first kappa shape index (κ1) is 19.2. The maximum absolute atomic E-state index is 13.3. The minimum Gasteiger partial charge on any atom is -0.329 e. The van der Waals surface area contributed by atoms with Gasteiger partial charge in [0, 0.05) is 17.8 Å². The monoisotopic (exact) mass is 410 g/mol. The van der Waals surface area contributed by atoms with E-state index in [0.717, 1.165) is 29.7 Å². The summed E-state index contributed by atoms with van der Waals surface area (Å²) in [5.41, 5.74) is 2.02. The molecule has 2 heterocycles. The van der Waals surface area contributed by atoms with E-state index < -0.39 is 11.7 Å². The van der Waals surface area contributed by atoms with Gasteiger partial charge in [-0.2, -0.15) is 0 Å². The van der Waals surface area contributed by atoms with Crippen molar-refractivity contribution in [2.75, 3.05) is 11.9 Å². The number of benzene rings is 2. The third-order valence-electron chi connectivity index (χ3n) is 4.78. The molecule has 1 atom stereocenters. The van der Waals surface area contributed by atoms with E-state index in [4.69, 9.17) is 0 Å². The van der Waals surface area contributed by atoms with Crippen LogP contribution in [0.25, 0.3) is 0 Å². The number of hydrogen-bond acceptors (Lipinski definition) is 5. The molecule has 1 aromatic heterocycles. The molecule has 2 amide bonds. The number of rotatable bonds is 4. The number of carbonyl (C=O) groups is 2. The molecule has 1 saturated heterocycles. The molecule has 3 aromatic rings. The van der Waals surface area contributed by atoms with E-state index in [2.05, 4.69) is 15.5 Å². The fourth-order valence-corrected chi connectivity index (χ4v) is 4.31. The van der Waals surface area contributed by atoms with Crippen LogP contribution in [0.5, 0.6) is 0 Å². The normalized spacial score (nSPS) is 16.1. The maximum Gasteiger partial charge on any atom is 0.286 e. The fraction of sp³-hybridized carbons (Fsp3) is 0.238. The summed E-state index contributed by atoms with van der Waals surface area (Å²) in [5.74, 6) is -0.928. The van der Waals surface area contributed by atoms with Crippen molar-refractivity contribution in [2.45, 2.75) is 25.8 Å². The number of carbonyl (C=O) groups excluding carboxylic acids is 2. The van der Waals surface area contributed by atoms with Crippen LogP contribution in [-0.2, 0) is 0 Å². The highest BCUT2D eigenvalue weighted by Crippen LogP contribution is 2.35. The lowest BCUT2D eigenvalue weighted by molar-refractivity contribution is 0.0734. The number of likely N-dealkylation sites (tertiary alicyclic amines) is 1. The Kier molecular flexibility index (Phi) is 5.35. The molecular formula is C21H19FN4O2S. The quantitative estimate of drug-likeness (QED) is 0.699. The van der Waals surface area contributed by atoms with Crippen LogP contribution in [0.4, 0.5) is 10.1 Å². The Morgan fingerprint density at radius 3 is 2.79 bits per heavy atom. The van der Waals surface area contributed by atoms with E-state index >= 15 is 0 Å². The van der Waals surface area contributed by atoms with Crippen LogP contribution in [-0.4, -0.2) is 33.5 Å². The first-order chi connectivity index (χ1) is 14.0. The third-order valence-corrected chi connectivity index (χ3v) is 5.80. The number of anilines is 1. The van der Waals surface area contributed by atoms with Gasteiger partial charge >= 0.3 is 0 Å². The van der Waals surface area contributed by atoms with Gasteiger partial charge in [-0.25, -0.2) is 4.39 Å². The van der Waals surface area contributed by atoms with E-state index in [-0.39, 0.29) is 17.0 Å². The summed E-state index contributed by atoms with van der Waals surface area (Å²) in [5, 5.41) is 11.6. The number of nitrogens with zero attached hydrogens (tertiary/aromatic N) is 3. The zero-order chi connectivity index (χ0) is 20.4. The van der Waals surface area contributed by atoms with Gasteiger partial charge in [-0.15, -0.1) is 10.2 Å². The third kappa shape index (κ3) is 4.17. The van der Waals surface area contributed by atoms with Crippen molar-refractivity contribution in [1.29, 1.82) is 0 Å². The predicted octanol–water partition coefficient (Wildman–Crippen LogP) is 4.22. The highest BCUT2D eigenvalue weighted by atomic mass is 32.1. The summed E-state index contributed by atoms with van der Waals surface area (Å²) in [4.78, 5) is 27.2. The molecule has 2 aromatic carbocycles. The molecule has 1 aliphatic heterocycles. The number of halogens is 1. The number of aromatic nitrogens is 2. The van der Waals surface area contributed by atoms with Gasteiger partial charge in [-0.3, -0.25) is 9.59 Å². The zero-order valence-corrected chi connectivity index (χ0v) is 16.6. The minimum absolute atomic E-state index is 0.0443. The molecule has 0 saturated carbocycles. The molecule has 6 nitrogen and oxygen atoms in total. The Hall–Kier alpha value is -3.13. The number of amides is 2. The van der Waals surface area contributed by atoms with E-state index in [0.29, 0.717) is 22.8 Å². The van der Waals surface area contributed by atoms with Crippen LogP contribution in [0.2, 0.25) is 0 Å². The summed E-state index contributed by atoms with van der Waals surface area (Å²) < 4.78 is 13.3. The van der Waals surface area contributed by atoms with Crippen molar-refractivity contribution >= 4 is 28.8 Å². The highest BCUT2D eigenvalue weighted by Gasteiger charge is 2.33. The topological polar surface area (TPSA) is 75.2 Å². The van der Waals surface area contributed by atoms with E-state index in [1.54, 1.807) is 11.0 Å². The number of aryl methyl sites for hydroxylation is 1. The lowest BCUT2D eigenvalue weighted by atomic mass is 10.1. The van der Waals surface area contributed by atoms with E-state index in [1.807, 2.05) is 31.2 Å². The molecule has 0 radical (unpaired) electrons. The molecule has 4 rings (SSSR count). The van der Waals surface area contributed by atoms with E-state index in [1.165, 1.54) is 18.2 Å². The summed E-state index contributed by atoms with van der Waals surface area (Å²) >= 11 is 1.16. The van der Waals surface area contributed by atoms with Crippen LogP contribution < -0.4 is 5.32 Å². The van der Waals surface area contributed by atoms with Crippen molar-refractivity contribution in [3.63, 3.8) is 0 Å². The van der Waals surface area contributed by atoms with Crippen molar-refractivity contribution in [1.82, 2.24) is 15.1 Å². The summed E-state index contributed by atoms with van der Waals surface area (Å²) in [6.07, 6.45) is 1.64. The molecule has 0 spiro atoms. The maximum atomic E-state index is 13.3. The van der Waals surface area contributed by atoms with Crippen LogP contribution in [0.1, 0.15) is 49.6 Å². The Morgan fingerprint density at radius 2 is 2.00 bits per heavy atom. The Labute approximate surface area is 171 Å². The largest absolute Gasteiger partial charge is 0.329 e. The van der Waals surface area contributed by atoms with Gasteiger partial charge in [-0.1, -0.05) is 35.1 Å². The molecule has 1 aliphatic rings. The Bertz CT molecular complexity index is 1070. The highest BCUT2D eigenvalue weighted by molar-refractivity contribution is 7.13. The minimum atomic E-state index is -0.450. The lowest BCUT2D eigenvalue weighted by Crippen LogP contribution is -2.30. The molecule has 29 heavy (non-hydrogen) atoms. The van der Waals surface area contributed by atoms with Gasteiger partial charge in [0.05, 0.1) is 6.04 Å². The summed E-state index contributed by atoms with van der Waals surface area (Å²) in [6, 6.07) is 13.0. The van der Waals surface area contributed by atoms with Gasteiger partial charge in [0.2, 0.25) is 5.01 Å². The molecule has 0 unspecified atom stereocenters. The van der Waals surface area contributed by atoms with Gasteiger partial charge in [0.1, 0.15) is 10.8 Å². The summed E-state index contributed by atoms with van der Waals surface area (Å²) in [6.45, 7) is 2.59. The van der Waals surface area contributed by atoms with Gasteiger partial charge in [-0.05, 0) is 50.1 Å². The van der Waals surface area contributed by atoms with Gasteiger partial charge in [0.15, 0.2) is 0 Å². The average molecular weight is 410 g/mol. The smallest absolute Gasteiger partial charge is 0.286 e. The van der Waals surface area contributed by atoms with Crippen LogP contribution >= 0.6 is 11.3 Å². The molecule has 1 N–H and O–H groups in total. The van der Waals surface area contributed by atoms with Crippen LogP contribution in [0, 0.1) is 12.7 Å². The van der Waals surface area contributed by atoms with Gasteiger partial charge < -0.3 is 10.2 Å². The first-order valence-corrected chi connectivity index (χ1v) is 10.1. The van der Waals surface area contributed by atoms with Gasteiger partial charge in [0.25, 0.3) is 11.8 Å². The second kappa shape index (κ2) is 8.08. The average Bonchev–Trinajstić information content (AvgIpc) is 3.37. The van der Waals surface area contributed by atoms with Crippen molar-refractivity contribution in [3.8, 4) is 0 Å². The van der Waals surface area contributed by atoms with Crippen LogP contribution in [0.15, 0.2) is 48.5 Å². The molecule has 0 bridgehead atoms. The molecule has 0 aliphatic carbocycles. The second-order valence-corrected chi connectivity index (χ2v) is 7.95. The van der Waals surface area contributed by atoms with Crippen molar-refractivity contribution in [3.05, 3.63) is 75.5 Å². The zero-order valence-electron chi connectivity index (χ0n) is 15.8. The number of hydrogen-bond donors (Lipinski definition) is 1. The predicted molar refractivity (Wildman–Crippen MR) is 108 cm³/mol. The van der Waals surface area contributed by atoms with Crippen molar-refractivity contribution < 1.29 is 14.0 Å². The first-order valence-electron chi connectivity index (χ1n) is 9.29. The van der Waals surface area contributed by atoms with Crippen LogP contribution in [0.3, 0.4) is 0 Å². The standard InChI is InChI=1S/C21H19FN4O2S/c1-13-5-2-6-14(11-13)21(28)26-10-4-9-17(26)19-24-25-20(29-19)18(27)23-16-8-3-7-15(22)12-16/h2-3,5-8,11-12,17H,4,9-10H2,1H3,(H,23,27)/t17-/m1/s1. The number of nitrogens with one attached hydrogen (secondary N) is 1. The molecule has 148 valence electrons. The lowest BCUT2D eigenvalue weighted by Gasteiger charge is -2.23. The fourth-order valence-electron chi connectivity index (χ4n) is 3.42. The molecular weight excluding hydrogens is 391 g/mol. The van der Waals surface area contributed by atoms with E-state index in [9.17, 15) is 14.0 Å². The summed E-state index contributed by atoms with van der Waals surface area (Å²) in [7, 11) is 0. The SMILES string of the molecule is Cc1cccc(C(=O)N2CCC[C@@H]2c2nnc(C(=O)Nc3cccc(F)c3)s2)c1. The van der Waals surface area contributed by atoms with Crippen molar-refractivity contribution in [2.24, 2.45) is 0 Å². The Balaban J connectivity index is 1.50. The Morgan fingerprint density at radius 1 is 1.17 bits per heavy atom.